The average Bonchev–Trinajstić information content (AvgIpc) is 2.17. The Morgan fingerprint density at radius 2 is 2.00 bits per heavy atom. The normalized spacial score (nSPS) is 28.1. The van der Waals surface area contributed by atoms with Crippen LogP contribution in [0.3, 0.4) is 0 Å². The van der Waals surface area contributed by atoms with E-state index in [9.17, 15) is 0 Å². The average molecular weight is 190 g/mol. The van der Waals surface area contributed by atoms with Crippen LogP contribution in [0, 0.1) is 5.92 Å². The first-order valence-corrected chi connectivity index (χ1v) is 5.41. The van der Waals surface area contributed by atoms with Crippen LogP contribution in [-0.2, 0) is 0 Å². The molecule has 0 unspecified atom stereocenters. The fourth-order valence-corrected chi connectivity index (χ4v) is 2.14. The maximum Gasteiger partial charge on any atom is 0.0295 e. The Labute approximate surface area is 85.7 Å². The fraction of sp³-hybridized carbons (Fsp3) is 0.583. The van der Waals surface area contributed by atoms with Gasteiger partial charge in [-0.3, -0.25) is 4.98 Å². The van der Waals surface area contributed by atoms with Crippen molar-refractivity contribution in [2.24, 2.45) is 5.92 Å². The highest BCUT2D eigenvalue weighted by Crippen LogP contribution is 2.28. The van der Waals surface area contributed by atoms with Gasteiger partial charge in [0.25, 0.3) is 0 Å². The number of rotatable bonds is 3. The molecule has 0 radical (unpaired) electrons. The second kappa shape index (κ2) is 4.09. The highest BCUT2D eigenvalue weighted by atomic mass is 15.0. The molecule has 1 aliphatic carbocycles. The van der Waals surface area contributed by atoms with E-state index in [4.69, 9.17) is 0 Å². The molecular formula is C12H18N2. The third-order valence-electron chi connectivity index (χ3n) is 3.07. The number of nitrogens with one attached hydrogen (secondary N) is 1. The van der Waals surface area contributed by atoms with Crippen LogP contribution in [0.1, 0.15) is 38.3 Å². The quantitative estimate of drug-likeness (QED) is 0.792. The summed E-state index contributed by atoms with van der Waals surface area (Å²) in [6, 6.07) is 5.35. The zero-order chi connectivity index (χ0) is 9.97. The van der Waals surface area contributed by atoms with Gasteiger partial charge >= 0.3 is 0 Å². The molecule has 1 heterocycles. The minimum Gasteiger partial charge on any atom is -0.307 e. The van der Waals surface area contributed by atoms with Gasteiger partial charge in [0.05, 0.1) is 0 Å². The van der Waals surface area contributed by atoms with Gasteiger partial charge in [-0.1, -0.05) is 6.92 Å². The summed E-state index contributed by atoms with van der Waals surface area (Å²) in [5, 5.41) is 3.64. The molecule has 1 fully saturated rings. The van der Waals surface area contributed by atoms with Crippen molar-refractivity contribution < 1.29 is 0 Å². The van der Waals surface area contributed by atoms with Crippen LogP contribution in [0.4, 0.5) is 0 Å². The van der Waals surface area contributed by atoms with Gasteiger partial charge in [-0.25, -0.2) is 0 Å². The number of nitrogens with zero attached hydrogens (tertiary/aromatic N) is 1. The molecule has 0 aromatic carbocycles. The maximum absolute atomic E-state index is 4.03. The van der Waals surface area contributed by atoms with Gasteiger partial charge in [-0.2, -0.15) is 0 Å². The Kier molecular flexibility index (Phi) is 2.82. The van der Waals surface area contributed by atoms with Crippen LogP contribution in [0.15, 0.2) is 24.5 Å². The van der Waals surface area contributed by atoms with Crippen LogP contribution in [0.25, 0.3) is 0 Å². The Hall–Kier alpha value is -0.890. The van der Waals surface area contributed by atoms with Crippen molar-refractivity contribution in [1.82, 2.24) is 10.3 Å². The summed E-state index contributed by atoms with van der Waals surface area (Å²) in [7, 11) is 0. The van der Waals surface area contributed by atoms with Crippen LogP contribution >= 0.6 is 0 Å². The zero-order valence-corrected chi connectivity index (χ0v) is 8.90. The van der Waals surface area contributed by atoms with E-state index in [-0.39, 0.29) is 0 Å². The van der Waals surface area contributed by atoms with Gasteiger partial charge in [0.15, 0.2) is 0 Å². The molecule has 2 rings (SSSR count). The lowest BCUT2D eigenvalue weighted by Gasteiger charge is -2.35. The molecule has 1 aromatic heterocycles. The minimum absolute atomic E-state index is 0.454. The first kappa shape index (κ1) is 9.66. The molecule has 0 spiro atoms. The third kappa shape index (κ3) is 2.13. The topological polar surface area (TPSA) is 24.9 Å². The molecule has 2 nitrogen and oxygen atoms in total. The van der Waals surface area contributed by atoms with Gasteiger partial charge in [0, 0.05) is 24.5 Å². The Morgan fingerprint density at radius 1 is 1.36 bits per heavy atom. The summed E-state index contributed by atoms with van der Waals surface area (Å²) in [5.74, 6) is 0.914. The van der Waals surface area contributed by atoms with Crippen LogP contribution < -0.4 is 5.32 Å². The molecule has 14 heavy (non-hydrogen) atoms. The monoisotopic (exact) mass is 190 g/mol. The number of aromatic nitrogens is 1. The largest absolute Gasteiger partial charge is 0.307 e. The molecule has 1 aliphatic rings. The Morgan fingerprint density at radius 3 is 2.57 bits per heavy atom. The van der Waals surface area contributed by atoms with Gasteiger partial charge in [-0.15, -0.1) is 0 Å². The molecule has 0 aliphatic heterocycles. The van der Waals surface area contributed by atoms with E-state index in [1.165, 1.54) is 18.4 Å². The fourth-order valence-electron chi connectivity index (χ4n) is 2.14. The smallest absolute Gasteiger partial charge is 0.0295 e. The number of hydrogen-bond donors (Lipinski definition) is 1. The first-order chi connectivity index (χ1) is 6.75. The van der Waals surface area contributed by atoms with E-state index in [2.05, 4.69) is 36.3 Å². The van der Waals surface area contributed by atoms with Gasteiger partial charge < -0.3 is 5.32 Å². The van der Waals surface area contributed by atoms with Gasteiger partial charge in [0.1, 0.15) is 0 Å². The number of pyridine rings is 1. The summed E-state index contributed by atoms with van der Waals surface area (Å²) >= 11 is 0. The standard InChI is InChI=1S/C12H18N2/c1-9-7-12(8-9)14-10(2)11-3-5-13-6-4-11/h3-6,9-10,12,14H,7-8H2,1-2H3/t9?,10-,12?/m0/s1. The predicted octanol–water partition coefficient (Wildman–Crippen LogP) is 2.53. The Bertz CT molecular complexity index is 278. The zero-order valence-electron chi connectivity index (χ0n) is 8.90. The van der Waals surface area contributed by atoms with E-state index in [1.54, 1.807) is 0 Å². The van der Waals surface area contributed by atoms with E-state index in [1.807, 2.05) is 12.4 Å². The lowest BCUT2D eigenvalue weighted by atomic mass is 9.81. The third-order valence-corrected chi connectivity index (χ3v) is 3.07. The van der Waals surface area contributed by atoms with Crippen LogP contribution in [0.2, 0.25) is 0 Å². The molecule has 1 atom stereocenters. The Balaban J connectivity index is 1.87. The van der Waals surface area contributed by atoms with Crippen molar-refractivity contribution >= 4 is 0 Å². The molecule has 1 N–H and O–H groups in total. The van der Waals surface area contributed by atoms with E-state index < -0.39 is 0 Å². The minimum atomic E-state index is 0.454. The SMILES string of the molecule is CC1CC(N[C@@H](C)c2ccncc2)C1. The maximum atomic E-state index is 4.03. The van der Waals surface area contributed by atoms with Gasteiger partial charge in [-0.05, 0) is 43.4 Å². The van der Waals surface area contributed by atoms with Crippen molar-refractivity contribution in [2.45, 2.75) is 38.8 Å². The van der Waals surface area contributed by atoms with Crippen molar-refractivity contribution in [2.75, 3.05) is 0 Å². The lowest BCUT2D eigenvalue weighted by molar-refractivity contribution is 0.226. The predicted molar refractivity (Wildman–Crippen MR) is 58.0 cm³/mol. The highest BCUT2D eigenvalue weighted by Gasteiger charge is 2.26. The van der Waals surface area contributed by atoms with Crippen molar-refractivity contribution in [1.29, 1.82) is 0 Å². The second-order valence-electron chi connectivity index (χ2n) is 4.44. The molecular weight excluding hydrogens is 172 g/mol. The molecule has 0 saturated heterocycles. The summed E-state index contributed by atoms with van der Waals surface area (Å²) in [6.45, 7) is 4.54. The summed E-state index contributed by atoms with van der Waals surface area (Å²) in [5.41, 5.74) is 1.33. The number of hydrogen-bond acceptors (Lipinski definition) is 2. The van der Waals surface area contributed by atoms with E-state index in [0.717, 1.165) is 12.0 Å². The molecule has 76 valence electrons. The van der Waals surface area contributed by atoms with Crippen molar-refractivity contribution in [3.63, 3.8) is 0 Å². The molecule has 0 bridgehead atoms. The summed E-state index contributed by atoms with van der Waals surface area (Å²) < 4.78 is 0. The van der Waals surface area contributed by atoms with Gasteiger partial charge in [0.2, 0.25) is 0 Å². The summed E-state index contributed by atoms with van der Waals surface area (Å²) in [6.07, 6.45) is 6.37. The molecule has 2 heteroatoms. The van der Waals surface area contributed by atoms with Crippen LogP contribution in [-0.4, -0.2) is 11.0 Å². The van der Waals surface area contributed by atoms with E-state index >= 15 is 0 Å². The highest BCUT2D eigenvalue weighted by molar-refractivity contribution is 5.14. The molecule has 1 aromatic rings. The second-order valence-corrected chi connectivity index (χ2v) is 4.44. The molecule has 0 amide bonds. The van der Waals surface area contributed by atoms with E-state index in [0.29, 0.717) is 6.04 Å². The van der Waals surface area contributed by atoms with Crippen LogP contribution in [0.5, 0.6) is 0 Å². The molecule has 1 saturated carbocycles. The first-order valence-electron chi connectivity index (χ1n) is 5.41. The lowest BCUT2D eigenvalue weighted by Crippen LogP contribution is -2.41. The van der Waals surface area contributed by atoms with Crippen molar-refractivity contribution in [3.8, 4) is 0 Å². The summed E-state index contributed by atoms with van der Waals surface area (Å²) in [4.78, 5) is 4.03. The van der Waals surface area contributed by atoms with Crippen molar-refractivity contribution in [3.05, 3.63) is 30.1 Å².